The Balaban J connectivity index is 1.27. The van der Waals surface area contributed by atoms with Gasteiger partial charge in [-0.05, 0) is 106 Å². The molecule has 2 aliphatic rings. The number of halogens is 1. The fraction of sp³-hybridized carbons (Fsp3) is 0.500. The highest BCUT2D eigenvalue weighted by Gasteiger charge is 2.40. The van der Waals surface area contributed by atoms with Gasteiger partial charge >= 0.3 is 0 Å². The number of hydrogen-bond acceptors (Lipinski definition) is 2. The van der Waals surface area contributed by atoms with Crippen molar-refractivity contribution in [1.29, 1.82) is 0 Å². The van der Waals surface area contributed by atoms with E-state index in [0.29, 0.717) is 23.4 Å². The van der Waals surface area contributed by atoms with Gasteiger partial charge in [-0.1, -0.05) is 24.3 Å². The van der Waals surface area contributed by atoms with Crippen molar-refractivity contribution in [1.82, 2.24) is 4.90 Å². The van der Waals surface area contributed by atoms with E-state index in [9.17, 15) is 9.18 Å². The number of carbonyl (C=O) groups is 1. The summed E-state index contributed by atoms with van der Waals surface area (Å²) in [6.45, 7) is 0.946. The van der Waals surface area contributed by atoms with Crippen LogP contribution in [0.2, 0.25) is 0 Å². The molecule has 0 unspecified atom stereocenters. The van der Waals surface area contributed by atoms with Crippen LogP contribution in [-0.2, 0) is 11.8 Å². The van der Waals surface area contributed by atoms with Gasteiger partial charge < -0.3 is 4.90 Å². The second-order valence-electron chi connectivity index (χ2n) is 9.04. The maximum absolute atomic E-state index is 13.0. The van der Waals surface area contributed by atoms with Crippen molar-refractivity contribution in [3.8, 4) is 0 Å². The largest absolute Gasteiger partial charge is 0.303 e. The average Bonchev–Trinajstić information content (AvgIpc) is 2.75. The molecule has 0 bridgehead atoms. The zero-order valence-electron chi connectivity index (χ0n) is 17.5. The maximum atomic E-state index is 13.0. The topological polar surface area (TPSA) is 20.3 Å². The van der Waals surface area contributed by atoms with E-state index >= 15 is 0 Å². The highest BCUT2D eigenvalue weighted by molar-refractivity contribution is 5.95. The molecule has 1 fully saturated rings. The van der Waals surface area contributed by atoms with Crippen LogP contribution in [-0.4, -0.2) is 30.3 Å². The van der Waals surface area contributed by atoms with Crippen molar-refractivity contribution < 1.29 is 9.18 Å². The molecule has 2 aliphatic carbocycles. The molecule has 0 heterocycles. The van der Waals surface area contributed by atoms with Crippen molar-refractivity contribution >= 4 is 5.78 Å². The zero-order chi connectivity index (χ0) is 20.3. The molecule has 154 valence electrons. The molecule has 2 aromatic carbocycles. The van der Waals surface area contributed by atoms with E-state index in [-0.39, 0.29) is 11.6 Å². The summed E-state index contributed by atoms with van der Waals surface area (Å²) >= 11 is 0. The lowest BCUT2D eigenvalue weighted by Gasteiger charge is -2.46. The maximum Gasteiger partial charge on any atom is 0.162 e. The Morgan fingerprint density at radius 1 is 1.07 bits per heavy atom. The number of fused-ring (bicyclic) bond motifs is 2. The summed E-state index contributed by atoms with van der Waals surface area (Å²) in [4.78, 5) is 14.7. The Hall–Kier alpha value is -2.00. The van der Waals surface area contributed by atoms with Gasteiger partial charge in [-0.3, -0.25) is 4.79 Å². The lowest BCUT2D eigenvalue weighted by Crippen LogP contribution is -2.42. The highest BCUT2D eigenvalue weighted by atomic mass is 19.1. The number of ketones is 1. The van der Waals surface area contributed by atoms with Gasteiger partial charge in [0.1, 0.15) is 5.82 Å². The van der Waals surface area contributed by atoms with E-state index in [0.717, 1.165) is 13.0 Å². The number of aryl methyl sites for hydroxylation is 1. The first-order valence-electron chi connectivity index (χ1n) is 11.1. The van der Waals surface area contributed by atoms with Crippen LogP contribution in [0.4, 0.5) is 4.39 Å². The Morgan fingerprint density at radius 3 is 2.55 bits per heavy atom. The first kappa shape index (κ1) is 20.3. The minimum absolute atomic E-state index is 0.111. The monoisotopic (exact) mass is 393 g/mol. The van der Waals surface area contributed by atoms with Crippen molar-refractivity contribution in [2.45, 2.75) is 69.2 Å². The number of hydrogen-bond donors (Lipinski definition) is 0. The molecule has 0 N–H and O–H groups in total. The molecule has 0 aliphatic heterocycles. The van der Waals surface area contributed by atoms with Crippen LogP contribution in [0.25, 0.3) is 0 Å². The second-order valence-corrected chi connectivity index (χ2v) is 9.04. The van der Waals surface area contributed by atoms with Crippen LogP contribution >= 0.6 is 0 Å². The lowest BCUT2D eigenvalue weighted by molar-refractivity contribution is 0.0965. The van der Waals surface area contributed by atoms with Gasteiger partial charge in [0.25, 0.3) is 0 Å². The third-order valence-corrected chi connectivity index (χ3v) is 7.31. The van der Waals surface area contributed by atoms with Crippen LogP contribution in [0.3, 0.4) is 0 Å². The smallest absolute Gasteiger partial charge is 0.162 e. The average molecular weight is 394 g/mol. The predicted molar refractivity (Wildman–Crippen MR) is 116 cm³/mol. The Kier molecular flexibility index (Phi) is 6.15. The highest BCUT2D eigenvalue weighted by Crippen LogP contribution is 2.47. The van der Waals surface area contributed by atoms with E-state index in [1.807, 2.05) is 0 Å². The number of carbonyl (C=O) groups excluding carboxylic acids is 1. The number of nitrogens with zero attached hydrogens (tertiary/aromatic N) is 1. The molecular formula is C26H32FNO. The molecule has 1 spiro atoms. The fourth-order valence-corrected chi connectivity index (χ4v) is 5.57. The molecule has 3 heteroatoms. The normalized spacial score (nSPS) is 23.9. The first-order valence-corrected chi connectivity index (χ1v) is 11.1. The summed E-state index contributed by atoms with van der Waals surface area (Å²) < 4.78 is 13.0. The lowest BCUT2D eigenvalue weighted by atomic mass is 9.61. The van der Waals surface area contributed by atoms with Crippen molar-refractivity contribution in [3.05, 3.63) is 71.0 Å². The molecule has 1 saturated carbocycles. The Morgan fingerprint density at radius 2 is 1.79 bits per heavy atom. The fourth-order valence-electron chi connectivity index (χ4n) is 5.57. The molecule has 2 nitrogen and oxygen atoms in total. The summed E-state index contributed by atoms with van der Waals surface area (Å²) in [7, 11) is 2.21. The van der Waals surface area contributed by atoms with Crippen molar-refractivity contribution in [3.63, 3.8) is 0 Å². The van der Waals surface area contributed by atoms with Crippen molar-refractivity contribution in [2.75, 3.05) is 13.6 Å². The first-order chi connectivity index (χ1) is 14.1. The van der Waals surface area contributed by atoms with Crippen LogP contribution in [0, 0.1) is 5.82 Å². The molecular weight excluding hydrogens is 361 g/mol. The van der Waals surface area contributed by atoms with Crippen LogP contribution < -0.4 is 0 Å². The van der Waals surface area contributed by atoms with E-state index in [1.165, 1.54) is 57.1 Å². The third-order valence-electron chi connectivity index (χ3n) is 7.31. The SMILES string of the molecule is CN(CCCC(=O)c1ccc(F)cc1)C1CCC2(CCCc3ccccc32)CC1. The van der Waals surface area contributed by atoms with Gasteiger partial charge in [-0.2, -0.15) is 0 Å². The summed E-state index contributed by atoms with van der Waals surface area (Å²) in [5, 5.41) is 0. The van der Waals surface area contributed by atoms with Crippen LogP contribution in [0.5, 0.6) is 0 Å². The number of benzene rings is 2. The second kappa shape index (κ2) is 8.79. The van der Waals surface area contributed by atoms with E-state index < -0.39 is 0 Å². The molecule has 29 heavy (non-hydrogen) atoms. The number of rotatable bonds is 6. The van der Waals surface area contributed by atoms with Gasteiger partial charge in [-0.25, -0.2) is 4.39 Å². The van der Waals surface area contributed by atoms with Crippen molar-refractivity contribution in [2.24, 2.45) is 0 Å². The summed E-state index contributed by atoms with van der Waals surface area (Å²) in [6.07, 6.45) is 10.4. The Bertz CT molecular complexity index is 836. The van der Waals surface area contributed by atoms with E-state index in [1.54, 1.807) is 23.3 Å². The van der Waals surface area contributed by atoms with Crippen LogP contribution in [0.1, 0.15) is 72.9 Å². The molecule has 0 amide bonds. The molecule has 0 radical (unpaired) electrons. The predicted octanol–water partition coefficient (Wildman–Crippen LogP) is 5.94. The molecule has 0 atom stereocenters. The summed E-state index contributed by atoms with van der Waals surface area (Å²) in [6, 6.07) is 15.6. The van der Waals surface area contributed by atoms with Crippen LogP contribution in [0.15, 0.2) is 48.5 Å². The van der Waals surface area contributed by atoms with Gasteiger partial charge in [0.15, 0.2) is 5.78 Å². The third kappa shape index (κ3) is 4.45. The summed E-state index contributed by atoms with van der Waals surface area (Å²) in [5.41, 5.74) is 4.22. The van der Waals surface area contributed by atoms with Gasteiger partial charge in [0.2, 0.25) is 0 Å². The number of Topliss-reactive ketones (excluding diaryl/α,β-unsaturated/α-hetero) is 1. The minimum Gasteiger partial charge on any atom is -0.303 e. The molecule has 4 rings (SSSR count). The van der Waals surface area contributed by atoms with E-state index in [2.05, 4.69) is 36.2 Å². The zero-order valence-corrected chi connectivity index (χ0v) is 17.5. The molecule has 0 saturated heterocycles. The van der Waals surface area contributed by atoms with Gasteiger partial charge in [0.05, 0.1) is 0 Å². The Labute approximate surface area is 174 Å². The van der Waals surface area contributed by atoms with Gasteiger partial charge in [0, 0.05) is 18.0 Å². The molecule has 2 aromatic rings. The molecule has 0 aromatic heterocycles. The standard InChI is InChI=1S/C26H32FNO/c1-28(19-5-9-25(29)21-10-12-22(27)13-11-21)23-14-17-26(18-15-23)16-4-7-20-6-2-3-8-24(20)26/h2-3,6,8,10-13,23H,4-5,7,9,14-19H2,1H3. The van der Waals surface area contributed by atoms with E-state index in [4.69, 9.17) is 0 Å². The quantitative estimate of drug-likeness (QED) is 0.566. The van der Waals surface area contributed by atoms with Gasteiger partial charge in [-0.15, -0.1) is 0 Å². The summed E-state index contributed by atoms with van der Waals surface area (Å²) in [5.74, 6) is -0.184. The minimum atomic E-state index is -0.294.